The Bertz CT molecular complexity index is 2890. The fourth-order valence-corrected chi connectivity index (χ4v) is 8.29. The summed E-state index contributed by atoms with van der Waals surface area (Å²) in [6.45, 7) is 1.78. The van der Waals surface area contributed by atoms with Crippen molar-refractivity contribution in [1.82, 2.24) is 9.13 Å². The van der Waals surface area contributed by atoms with Crippen molar-refractivity contribution in [2.75, 3.05) is 0 Å². The second kappa shape index (κ2) is 7.21. The number of phenolic OH excluding ortho intramolecular Hbond substituents is 7. The summed E-state index contributed by atoms with van der Waals surface area (Å²) in [7, 11) is 0. The summed E-state index contributed by atoms with van der Waals surface area (Å²) in [5.74, 6) is -1.31. The molecular formula is C34H18N8O7+2. The third-order valence-electron chi connectivity index (χ3n) is 10.3. The minimum Gasteiger partial charge on any atom is -0.508 e. The summed E-state index contributed by atoms with van der Waals surface area (Å²) >= 11 is 0. The zero-order chi connectivity index (χ0) is 33.2. The van der Waals surface area contributed by atoms with Gasteiger partial charge >= 0.3 is 5.91 Å². The maximum atomic E-state index is 11.0. The minimum absolute atomic E-state index is 0.0518. The van der Waals surface area contributed by atoms with Crippen molar-refractivity contribution in [1.29, 1.82) is 0 Å². The second-order valence-electron chi connectivity index (χ2n) is 12.8. The van der Waals surface area contributed by atoms with Crippen molar-refractivity contribution >= 4 is 56.5 Å². The SMILES string of the molecule is Cc1cc2c3n4c(c2cc1O)N=C1c2cc(O)c(O)cc2C2=[N+]1C41n4c(c5cc(O)c(O)cc5c4=N2)=NC2=[N+]1C(=N3)c1cc(O)c(O)cc12. The zero-order valence-electron chi connectivity index (χ0n) is 24.8. The number of hydrogen-bond donors (Lipinski definition) is 7. The largest absolute Gasteiger partial charge is 0.508 e. The number of hydrogen-bond acceptors (Lipinski definition) is 11. The van der Waals surface area contributed by atoms with Crippen molar-refractivity contribution in [3.05, 3.63) is 87.3 Å². The molecule has 234 valence electrons. The molecule has 49 heavy (non-hydrogen) atoms. The van der Waals surface area contributed by atoms with Gasteiger partial charge in [-0.2, -0.15) is 9.13 Å². The van der Waals surface area contributed by atoms with Crippen LogP contribution in [0.25, 0.3) is 21.5 Å². The highest BCUT2D eigenvalue weighted by atomic mass is 16.3. The molecule has 4 aromatic carbocycles. The topological polar surface area (TPSA) is 207 Å². The number of rotatable bonds is 0. The molecule has 1 unspecified atom stereocenters. The quantitative estimate of drug-likeness (QED) is 0.0960. The first-order chi connectivity index (χ1) is 23.6. The van der Waals surface area contributed by atoms with Crippen molar-refractivity contribution in [2.24, 2.45) is 20.0 Å². The number of amidine groups is 4. The van der Waals surface area contributed by atoms with Gasteiger partial charge in [-0.15, -0.1) is 9.15 Å². The molecule has 0 saturated carbocycles. The van der Waals surface area contributed by atoms with E-state index in [-0.39, 0.29) is 40.2 Å². The lowest BCUT2D eigenvalue weighted by Gasteiger charge is -2.40. The molecule has 12 rings (SSSR count). The Morgan fingerprint density at radius 1 is 0.469 bits per heavy atom. The van der Waals surface area contributed by atoms with E-state index in [0.717, 1.165) is 0 Å². The van der Waals surface area contributed by atoms with Crippen LogP contribution in [0.5, 0.6) is 40.2 Å². The standard InChI is InChI=1S/C34H16N8O7/c1-10-2-11-12(3-19(10)43)27-36-29-15-6-22(46)23(47)7-16(15)31-38-33-18-9-25(49)24(48)8-17(18)32-37-30-14-5-21(45)20(44)4-13(14)28-35-26(11)39(27)34(40(28)30,41(29)31)42(32)33/h2-9H,1H3,(H5,35,36,37,38,43,44,45,46,47,48,49)/p+2. The van der Waals surface area contributed by atoms with Crippen LogP contribution in [0.3, 0.4) is 0 Å². The highest BCUT2D eigenvalue weighted by Gasteiger charge is 2.69. The van der Waals surface area contributed by atoms with E-state index >= 15 is 0 Å². The molecule has 6 aliphatic rings. The molecule has 6 aliphatic heterocycles. The summed E-state index contributed by atoms with van der Waals surface area (Å²) in [6, 6.07) is 12.0. The third-order valence-corrected chi connectivity index (χ3v) is 10.3. The van der Waals surface area contributed by atoms with Crippen molar-refractivity contribution in [2.45, 2.75) is 12.8 Å². The van der Waals surface area contributed by atoms with E-state index in [2.05, 4.69) is 0 Å². The van der Waals surface area contributed by atoms with Crippen LogP contribution in [-0.4, -0.2) is 77.4 Å². The van der Waals surface area contributed by atoms with Gasteiger partial charge in [0.2, 0.25) is 22.6 Å². The summed E-state index contributed by atoms with van der Waals surface area (Å²) in [5.41, 5.74) is 3.21. The van der Waals surface area contributed by atoms with Gasteiger partial charge in [0, 0.05) is 5.39 Å². The number of aliphatic imine (C=N–C) groups is 2. The molecule has 0 amide bonds. The molecular weight excluding hydrogens is 632 g/mol. The van der Waals surface area contributed by atoms with Gasteiger partial charge in [0.15, 0.2) is 34.5 Å². The second-order valence-corrected chi connectivity index (χ2v) is 12.8. The predicted molar refractivity (Wildman–Crippen MR) is 170 cm³/mol. The normalized spacial score (nSPS) is 19.4. The molecule has 0 aliphatic carbocycles. The average molecular weight is 651 g/mol. The summed E-state index contributed by atoms with van der Waals surface area (Å²) in [6.07, 6.45) is 0. The van der Waals surface area contributed by atoms with E-state index in [0.29, 0.717) is 95.3 Å². The van der Waals surface area contributed by atoms with Crippen molar-refractivity contribution in [3.8, 4) is 40.2 Å². The predicted octanol–water partition coefficient (Wildman–Crippen LogP) is 1.96. The first-order valence-corrected chi connectivity index (χ1v) is 15.2. The first-order valence-electron chi connectivity index (χ1n) is 15.2. The number of aromatic hydroxyl groups is 7. The van der Waals surface area contributed by atoms with Gasteiger partial charge in [0.05, 0.1) is 38.4 Å². The maximum Gasteiger partial charge on any atom is 0.404 e. The molecule has 0 bridgehead atoms. The molecule has 2 aromatic heterocycles. The van der Waals surface area contributed by atoms with Crippen LogP contribution in [0.1, 0.15) is 27.8 Å². The van der Waals surface area contributed by atoms with Gasteiger partial charge in [0.25, 0.3) is 23.3 Å². The highest BCUT2D eigenvalue weighted by Crippen LogP contribution is 2.54. The van der Waals surface area contributed by atoms with E-state index in [1.54, 1.807) is 13.0 Å². The fraction of sp³-hybridized carbons (Fsp3) is 0.0588. The molecule has 15 heteroatoms. The number of phenols is 7. The molecule has 1 spiro atoms. The molecule has 8 heterocycles. The number of nitrogens with zero attached hydrogens (tertiary/aromatic N) is 8. The Hall–Kier alpha value is -7.16. The Kier molecular flexibility index (Phi) is 3.68. The van der Waals surface area contributed by atoms with Crippen LogP contribution in [0.2, 0.25) is 0 Å². The molecule has 0 radical (unpaired) electrons. The Morgan fingerprint density at radius 2 is 0.878 bits per heavy atom. The van der Waals surface area contributed by atoms with E-state index < -0.39 is 5.91 Å². The first kappa shape index (κ1) is 25.0. The van der Waals surface area contributed by atoms with Gasteiger partial charge in [-0.3, -0.25) is 0 Å². The van der Waals surface area contributed by atoms with Gasteiger partial charge < -0.3 is 35.7 Å². The van der Waals surface area contributed by atoms with E-state index in [1.807, 2.05) is 24.4 Å². The van der Waals surface area contributed by atoms with E-state index in [4.69, 9.17) is 20.0 Å². The average Bonchev–Trinajstić information content (AvgIpc) is 3.74. The van der Waals surface area contributed by atoms with Crippen LogP contribution < -0.4 is 11.0 Å². The van der Waals surface area contributed by atoms with E-state index in [1.165, 1.54) is 36.4 Å². The lowest BCUT2D eigenvalue weighted by Crippen LogP contribution is -2.71. The molecule has 6 aromatic rings. The van der Waals surface area contributed by atoms with Gasteiger partial charge in [-0.1, -0.05) is 20.0 Å². The highest BCUT2D eigenvalue weighted by molar-refractivity contribution is 6.21. The van der Waals surface area contributed by atoms with E-state index in [9.17, 15) is 35.7 Å². The summed E-state index contributed by atoms with van der Waals surface area (Å²) in [4.78, 5) is 20.6. The van der Waals surface area contributed by atoms with Crippen molar-refractivity contribution in [3.63, 3.8) is 0 Å². The zero-order valence-corrected chi connectivity index (χ0v) is 24.8. The lowest BCUT2D eigenvalue weighted by atomic mass is 10.1. The molecule has 7 N–H and O–H groups in total. The Labute approximate surface area is 270 Å². The molecule has 0 saturated heterocycles. The molecule has 15 nitrogen and oxygen atoms in total. The number of aromatic nitrogens is 2. The third kappa shape index (κ3) is 2.38. The van der Waals surface area contributed by atoms with Crippen molar-refractivity contribution < 1.29 is 44.9 Å². The minimum atomic E-state index is -1.54. The Balaban J connectivity index is 1.41. The lowest BCUT2D eigenvalue weighted by molar-refractivity contribution is -0.790. The van der Waals surface area contributed by atoms with Crippen LogP contribution in [0.4, 0.5) is 11.6 Å². The monoisotopic (exact) mass is 650 g/mol. The van der Waals surface area contributed by atoms with Crippen LogP contribution >= 0.6 is 0 Å². The number of benzene rings is 4. The molecule has 0 fully saturated rings. The maximum absolute atomic E-state index is 11.0. The number of fused-ring (bicyclic) bond motifs is 12. The van der Waals surface area contributed by atoms with Crippen LogP contribution in [-0.2, 0) is 5.91 Å². The smallest absolute Gasteiger partial charge is 0.404 e. The number of aryl methyl sites for hydroxylation is 1. The van der Waals surface area contributed by atoms with Crippen LogP contribution in [0, 0.1) is 6.92 Å². The fourth-order valence-electron chi connectivity index (χ4n) is 8.29. The molecule has 1 atom stereocenters. The van der Waals surface area contributed by atoms with Gasteiger partial charge in [-0.05, 0) is 61.0 Å². The Morgan fingerprint density at radius 3 is 1.37 bits per heavy atom. The van der Waals surface area contributed by atoms with Crippen LogP contribution in [0.15, 0.2) is 68.5 Å². The summed E-state index contributed by atoms with van der Waals surface area (Å²) < 4.78 is 7.50. The van der Waals surface area contributed by atoms with Gasteiger partial charge in [-0.25, -0.2) is 0 Å². The van der Waals surface area contributed by atoms with Gasteiger partial charge in [0.1, 0.15) is 5.75 Å². The summed E-state index contributed by atoms with van der Waals surface area (Å²) in [5, 5.41) is 77.5.